The van der Waals surface area contributed by atoms with Crippen LogP contribution in [0.15, 0.2) is 65.5 Å². The lowest BCUT2D eigenvalue weighted by Crippen LogP contribution is -2.40. The van der Waals surface area contributed by atoms with Crippen LogP contribution in [0.3, 0.4) is 0 Å². The molecule has 0 unspecified atom stereocenters. The lowest BCUT2D eigenvalue weighted by atomic mass is 9.91. The zero-order chi connectivity index (χ0) is 19.3. The maximum atomic E-state index is 12.7. The van der Waals surface area contributed by atoms with Gasteiger partial charge >= 0.3 is 0 Å². The molecule has 1 aromatic heterocycles. The van der Waals surface area contributed by atoms with Crippen molar-refractivity contribution < 1.29 is 4.79 Å². The monoisotopic (exact) mass is 375 g/mol. The number of nitrogens with zero attached hydrogens (tertiary/aromatic N) is 1. The largest absolute Gasteiger partial charge is 0.351 e. The lowest BCUT2D eigenvalue weighted by molar-refractivity contribution is 0.0947. The number of hydrogen-bond donors (Lipinski definition) is 2. The quantitative estimate of drug-likeness (QED) is 0.720. The van der Waals surface area contributed by atoms with Gasteiger partial charge < -0.3 is 15.2 Å². The van der Waals surface area contributed by atoms with Gasteiger partial charge in [-0.2, -0.15) is 0 Å². The number of rotatable bonds is 5. The molecule has 0 radical (unpaired) electrons. The minimum absolute atomic E-state index is 0.195. The zero-order valence-corrected chi connectivity index (χ0v) is 15.9. The van der Waals surface area contributed by atoms with Crippen molar-refractivity contribution in [3.05, 3.63) is 82.1 Å². The Bertz CT molecular complexity index is 1010. The van der Waals surface area contributed by atoms with Gasteiger partial charge in [-0.25, -0.2) is 0 Å². The number of para-hydroxylation sites is 1. The summed E-state index contributed by atoms with van der Waals surface area (Å²) in [5, 5.41) is 3.75. The maximum Gasteiger partial charge on any atom is 0.252 e. The highest BCUT2D eigenvalue weighted by Crippen LogP contribution is 2.26. The molecule has 144 valence electrons. The van der Waals surface area contributed by atoms with Crippen LogP contribution in [0.2, 0.25) is 0 Å². The van der Waals surface area contributed by atoms with Gasteiger partial charge in [-0.1, -0.05) is 48.5 Å². The number of fused-ring (bicyclic) bond motifs is 1. The Morgan fingerprint density at radius 3 is 2.75 bits per heavy atom. The smallest absolute Gasteiger partial charge is 0.252 e. The van der Waals surface area contributed by atoms with Gasteiger partial charge in [0.05, 0.1) is 5.56 Å². The standard InChI is InChI=1S/C23H25N3O2/c27-22-15-20(19-10-4-5-11-21(19)25-22)23(28)24-12-14-26-13-6-9-18(16-26)17-7-2-1-3-8-17/h1-5,7-8,10-11,15,18H,6,9,12-14,16H2,(H,24,28)(H,25,27)/t18-/m1/s1. The molecule has 5 nitrogen and oxygen atoms in total. The van der Waals surface area contributed by atoms with E-state index in [1.165, 1.54) is 24.5 Å². The van der Waals surface area contributed by atoms with E-state index in [1.54, 1.807) is 0 Å². The third-order valence-electron chi connectivity index (χ3n) is 5.49. The fraction of sp³-hybridized carbons (Fsp3) is 0.304. The van der Waals surface area contributed by atoms with E-state index >= 15 is 0 Å². The second-order valence-corrected chi connectivity index (χ2v) is 7.40. The summed E-state index contributed by atoms with van der Waals surface area (Å²) in [5.74, 6) is 0.362. The molecular formula is C23H25N3O2. The Balaban J connectivity index is 1.36. The number of pyridine rings is 1. The molecule has 5 heteroatoms. The highest BCUT2D eigenvalue weighted by molar-refractivity contribution is 6.05. The van der Waals surface area contributed by atoms with Crippen LogP contribution in [-0.2, 0) is 0 Å². The molecule has 0 aliphatic carbocycles. The Kier molecular flexibility index (Phi) is 5.53. The number of amides is 1. The van der Waals surface area contributed by atoms with Gasteiger partial charge in [0, 0.05) is 36.6 Å². The summed E-state index contributed by atoms with van der Waals surface area (Å²) in [6.45, 7) is 3.47. The number of aromatic nitrogens is 1. The first kappa shape index (κ1) is 18.4. The first-order valence-electron chi connectivity index (χ1n) is 9.88. The molecule has 1 saturated heterocycles. The average molecular weight is 375 g/mol. The molecule has 2 heterocycles. The second kappa shape index (κ2) is 8.40. The number of likely N-dealkylation sites (tertiary alicyclic amines) is 1. The molecular weight excluding hydrogens is 350 g/mol. The molecule has 1 aliphatic heterocycles. The van der Waals surface area contributed by atoms with Crippen LogP contribution in [0.1, 0.15) is 34.7 Å². The van der Waals surface area contributed by atoms with Gasteiger partial charge in [0.25, 0.3) is 5.91 Å². The van der Waals surface area contributed by atoms with E-state index in [2.05, 4.69) is 45.5 Å². The summed E-state index contributed by atoms with van der Waals surface area (Å²) in [6.07, 6.45) is 2.39. The van der Waals surface area contributed by atoms with Crippen molar-refractivity contribution in [3.8, 4) is 0 Å². The van der Waals surface area contributed by atoms with Crippen LogP contribution in [0, 0.1) is 0 Å². The van der Waals surface area contributed by atoms with E-state index in [0.29, 0.717) is 23.5 Å². The summed E-state index contributed by atoms with van der Waals surface area (Å²) in [4.78, 5) is 29.7. The molecule has 1 aliphatic rings. The summed E-state index contributed by atoms with van der Waals surface area (Å²) in [7, 11) is 0. The molecule has 4 rings (SSSR count). The minimum atomic E-state index is -0.259. The molecule has 2 aromatic carbocycles. The number of hydrogen-bond acceptors (Lipinski definition) is 3. The minimum Gasteiger partial charge on any atom is -0.351 e. The van der Waals surface area contributed by atoms with Gasteiger partial charge in [0.15, 0.2) is 0 Å². The Labute approximate surface area is 164 Å². The molecule has 2 N–H and O–H groups in total. The predicted molar refractivity (Wildman–Crippen MR) is 112 cm³/mol. The van der Waals surface area contributed by atoms with Crippen LogP contribution in [0.5, 0.6) is 0 Å². The number of carbonyl (C=O) groups excluding carboxylic acids is 1. The molecule has 1 atom stereocenters. The topological polar surface area (TPSA) is 65.2 Å². The van der Waals surface area contributed by atoms with Gasteiger partial charge in [0.2, 0.25) is 5.56 Å². The van der Waals surface area contributed by atoms with Gasteiger partial charge in [0.1, 0.15) is 0 Å². The highest BCUT2D eigenvalue weighted by atomic mass is 16.2. The zero-order valence-electron chi connectivity index (χ0n) is 15.9. The third-order valence-corrected chi connectivity index (χ3v) is 5.49. The second-order valence-electron chi connectivity index (χ2n) is 7.40. The Hall–Kier alpha value is -2.92. The maximum absolute atomic E-state index is 12.7. The van der Waals surface area contributed by atoms with Crippen molar-refractivity contribution in [2.75, 3.05) is 26.2 Å². The Morgan fingerprint density at radius 1 is 1.11 bits per heavy atom. The normalized spacial score (nSPS) is 17.5. The highest BCUT2D eigenvalue weighted by Gasteiger charge is 2.21. The van der Waals surface area contributed by atoms with Crippen molar-refractivity contribution in [1.82, 2.24) is 15.2 Å². The third kappa shape index (κ3) is 4.15. The van der Waals surface area contributed by atoms with E-state index < -0.39 is 0 Å². The first-order chi connectivity index (χ1) is 13.7. The van der Waals surface area contributed by atoms with Crippen LogP contribution in [0.4, 0.5) is 0 Å². The number of nitrogens with one attached hydrogen (secondary N) is 2. The predicted octanol–water partition coefficient (Wildman–Crippen LogP) is 3.14. The number of piperidine rings is 1. The molecule has 0 bridgehead atoms. The van der Waals surface area contributed by atoms with Crippen LogP contribution in [-0.4, -0.2) is 42.0 Å². The van der Waals surface area contributed by atoms with Gasteiger partial charge in [-0.15, -0.1) is 0 Å². The van der Waals surface area contributed by atoms with Crippen molar-refractivity contribution in [3.63, 3.8) is 0 Å². The van der Waals surface area contributed by atoms with E-state index in [1.807, 2.05) is 24.3 Å². The fourth-order valence-corrected chi connectivity index (χ4v) is 4.07. The van der Waals surface area contributed by atoms with E-state index in [-0.39, 0.29) is 11.5 Å². The molecule has 1 fully saturated rings. The summed E-state index contributed by atoms with van der Waals surface area (Å²) < 4.78 is 0. The first-order valence-corrected chi connectivity index (χ1v) is 9.88. The molecule has 1 amide bonds. The number of carbonyl (C=O) groups is 1. The van der Waals surface area contributed by atoms with Crippen molar-refractivity contribution in [1.29, 1.82) is 0 Å². The molecule has 0 saturated carbocycles. The average Bonchev–Trinajstić information content (AvgIpc) is 2.74. The molecule has 28 heavy (non-hydrogen) atoms. The van der Waals surface area contributed by atoms with Crippen molar-refractivity contribution in [2.45, 2.75) is 18.8 Å². The van der Waals surface area contributed by atoms with Crippen molar-refractivity contribution in [2.24, 2.45) is 0 Å². The summed E-state index contributed by atoms with van der Waals surface area (Å²) in [5.41, 5.74) is 2.25. The summed E-state index contributed by atoms with van der Waals surface area (Å²) >= 11 is 0. The van der Waals surface area contributed by atoms with Crippen LogP contribution < -0.4 is 10.9 Å². The van der Waals surface area contributed by atoms with Gasteiger partial charge in [-0.3, -0.25) is 9.59 Å². The Morgan fingerprint density at radius 2 is 1.89 bits per heavy atom. The lowest BCUT2D eigenvalue weighted by Gasteiger charge is -2.33. The van der Waals surface area contributed by atoms with E-state index in [9.17, 15) is 9.59 Å². The number of H-pyrrole nitrogens is 1. The van der Waals surface area contributed by atoms with Crippen LogP contribution >= 0.6 is 0 Å². The fourth-order valence-electron chi connectivity index (χ4n) is 4.07. The summed E-state index contributed by atoms with van der Waals surface area (Å²) in [6, 6.07) is 19.4. The molecule has 0 spiro atoms. The SMILES string of the molecule is O=C(NCCN1CCC[C@@H](c2ccccc2)C1)c1cc(=O)[nH]c2ccccc12. The van der Waals surface area contributed by atoms with Crippen molar-refractivity contribution >= 4 is 16.8 Å². The number of benzene rings is 2. The van der Waals surface area contributed by atoms with Crippen LogP contribution in [0.25, 0.3) is 10.9 Å². The molecule has 3 aromatic rings. The van der Waals surface area contributed by atoms with Gasteiger partial charge in [-0.05, 0) is 36.9 Å². The van der Waals surface area contributed by atoms with E-state index in [4.69, 9.17) is 0 Å². The van der Waals surface area contributed by atoms with E-state index in [0.717, 1.165) is 25.0 Å². The number of aromatic amines is 1.